The second-order valence-corrected chi connectivity index (χ2v) is 10.7. The lowest BCUT2D eigenvalue weighted by molar-refractivity contribution is -0.160. The van der Waals surface area contributed by atoms with E-state index in [1.807, 2.05) is 30.0 Å². The van der Waals surface area contributed by atoms with Crippen LogP contribution in [0.5, 0.6) is 0 Å². The molecule has 4 nitrogen and oxygen atoms in total. The topological polar surface area (TPSA) is 49.4 Å². The molecule has 1 saturated heterocycles. The second kappa shape index (κ2) is 6.86. The summed E-state index contributed by atoms with van der Waals surface area (Å²) >= 11 is 3.54. The number of aryl methyl sites for hydroxylation is 1. The van der Waals surface area contributed by atoms with Gasteiger partial charge in [-0.1, -0.05) is 6.07 Å². The highest BCUT2D eigenvalue weighted by Gasteiger charge is 2.56. The Morgan fingerprint density at radius 1 is 1.11 bits per heavy atom. The number of nitrogens with zero attached hydrogens (tertiary/aromatic N) is 1. The zero-order valence-electron chi connectivity index (χ0n) is 16.5. The van der Waals surface area contributed by atoms with Gasteiger partial charge in [-0.3, -0.25) is 9.59 Å². The molecule has 1 unspecified atom stereocenters. The van der Waals surface area contributed by atoms with Gasteiger partial charge in [-0.25, -0.2) is 0 Å². The number of rotatable bonds is 3. The number of amides is 2. The number of carbonyl (C=O) groups excluding carboxylic acids is 2. The predicted octanol–water partition coefficient (Wildman–Crippen LogP) is 4.90. The zero-order chi connectivity index (χ0) is 19.5. The third kappa shape index (κ3) is 3.10. The lowest BCUT2D eigenvalue weighted by atomic mass is 9.49. The van der Waals surface area contributed by atoms with Gasteiger partial charge in [0.05, 0.1) is 11.1 Å². The molecule has 1 aromatic rings. The van der Waals surface area contributed by atoms with E-state index in [4.69, 9.17) is 0 Å². The van der Waals surface area contributed by atoms with Crippen LogP contribution in [0.3, 0.4) is 0 Å². The summed E-state index contributed by atoms with van der Waals surface area (Å²) in [6.07, 6.45) is 8.87. The van der Waals surface area contributed by atoms with Crippen LogP contribution in [0.2, 0.25) is 0 Å². The molecule has 5 aliphatic rings. The molecule has 0 aromatic heterocycles. The van der Waals surface area contributed by atoms with Gasteiger partial charge in [-0.2, -0.15) is 0 Å². The number of hydrogen-bond donors (Lipinski definition) is 1. The summed E-state index contributed by atoms with van der Waals surface area (Å²) < 4.78 is 0.887. The molecule has 0 radical (unpaired) electrons. The van der Waals surface area contributed by atoms with Gasteiger partial charge >= 0.3 is 0 Å². The van der Waals surface area contributed by atoms with Crippen LogP contribution in [-0.4, -0.2) is 29.3 Å². The van der Waals surface area contributed by atoms with E-state index in [-0.39, 0.29) is 23.3 Å². The smallest absolute Gasteiger partial charge is 0.247 e. The maximum absolute atomic E-state index is 13.7. The zero-order valence-corrected chi connectivity index (χ0v) is 18.1. The molecule has 1 atom stereocenters. The highest BCUT2D eigenvalue weighted by molar-refractivity contribution is 9.10. The maximum atomic E-state index is 13.7. The van der Waals surface area contributed by atoms with Gasteiger partial charge in [0.25, 0.3) is 0 Å². The summed E-state index contributed by atoms with van der Waals surface area (Å²) in [5.74, 6) is 2.48. The van der Waals surface area contributed by atoms with Crippen molar-refractivity contribution in [1.29, 1.82) is 0 Å². The van der Waals surface area contributed by atoms with E-state index < -0.39 is 0 Å². The highest BCUT2D eigenvalue weighted by atomic mass is 79.9. The quantitative estimate of drug-likeness (QED) is 0.719. The summed E-state index contributed by atoms with van der Waals surface area (Å²) in [6.45, 7) is 2.76. The first-order valence-electron chi connectivity index (χ1n) is 10.8. The Morgan fingerprint density at radius 3 is 2.36 bits per heavy atom. The lowest BCUT2D eigenvalue weighted by Gasteiger charge is -2.56. The SMILES string of the molecule is Cc1ccc(NC(=O)C2CCCN2C(=O)C23CC4CC(CC(C4)C2)C3)c(Br)c1. The Balaban J connectivity index is 1.34. The Morgan fingerprint density at radius 2 is 1.75 bits per heavy atom. The average molecular weight is 445 g/mol. The van der Waals surface area contributed by atoms with Gasteiger partial charge in [0.1, 0.15) is 6.04 Å². The number of anilines is 1. The van der Waals surface area contributed by atoms with E-state index in [9.17, 15) is 9.59 Å². The Kier molecular flexibility index (Phi) is 4.57. The van der Waals surface area contributed by atoms with Crippen molar-refractivity contribution in [2.75, 3.05) is 11.9 Å². The van der Waals surface area contributed by atoms with Crippen molar-refractivity contribution in [2.24, 2.45) is 23.2 Å². The van der Waals surface area contributed by atoms with Gasteiger partial charge in [-0.15, -0.1) is 0 Å². The van der Waals surface area contributed by atoms with Crippen molar-refractivity contribution in [3.05, 3.63) is 28.2 Å². The molecule has 5 fully saturated rings. The number of benzene rings is 1. The van der Waals surface area contributed by atoms with Crippen molar-refractivity contribution < 1.29 is 9.59 Å². The molecule has 150 valence electrons. The summed E-state index contributed by atoms with van der Waals surface area (Å²) in [4.78, 5) is 28.7. The summed E-state index contributed by atoms with van der Waals surface area (Å²) in [5.41, 5.74) is 1.76. The van der Waals surface area contributed by atoms with Gasteiger partial charge in [0, 0.05) is 11.0 Å². The molecule has 4 bridgehead atoms. The fourth-order valence-corrected chi connectivity index (χ4v) is 7.49. The van der Waals surface area contributed by atoms with E-state index >= 15 is 0 Å². The van der Waals surface area contributed by atoms with Crippen LogP contribution in [0.4, 0.5) is 5.69 Å². The summed E-state index contributed by atoms with van der Waals surface area (Å²) in [6, 6.07) is 5.60. The first-order chi connectivity index (χ1) is 13.4. The molecule has 2 amide bonds. The molecule has 5 heteroatoms. The van der Waals surface area contributed by atoms with Crippen molar-refractivity contribution in [3.8, 4) is 0 Å². The Labute approximate surface area is 175 Å². The largest absolute Gasteiger partial charge is 0.330 e. The number of likely N-dealkylation sites (tertiary alicyclic amines) is 1. The van der Waals surface area contributed by atoms with Crippen molar-refractivity contribution in [1.82, 2.24) is 4.90 Å². The Bertz CT molecular complexity index is 786. The monoisotopic (exact) mass is 444 g/mol. The van der Waals surface area contributed by atoms with Crippen LogP contribution in [0, 0.1) is 30.1 Å². The maximum Gasteiger partial charge on any atom is 0.247 e. The van der Waals surface area contributed by atoms with Crippen LogP contribution in [0.15, 0.2) is 22.7 Å². The molecule has 1 aromatic carbocycles. The summed E-state index contributed by atoms with van der Waals surface area (Å²) in [7, 11) is 0. The van der Waals surface area contributed by atoms with Gasteiger partial charge < -0.3 is 10.2 Å². The molecular formula is C23H29BrN2O2. The van der Waals surface area contributed by atoms with E-state index in [1.54, 1.807) is 0 Å². The second-order valence-electron chi connectivity index (χ2n) is 9.83. The molecule has 28 heavy (non-hydrogen) atoms. The van der Waals surface area contributed by atoms with Crippen LogP contribution < -0.4 is 5.32 Å². The number of hydrogen-bond acceptors (Lipinski definition) is 2. The lowest BCUT2D eigenvalue weighted by Crippen LogP contribution is -2.56. The standard InChI is InChI=1S/C23H29BrN2O2/c1-14-4-5-19(18(24)7-14)25-21(27)20-3-2-6-26(20)22(28)23-11-15-8-16(12-23)10-17(9-15)13-23/h4-5,7,15-17,20H,2-3,6,8-13H2,1H3,(H,25,27). The Hall–Kier alpha value is -1.36. The molecule has 6 rings (SSSR count). The first-order valence-corrected chi connectivity index (χ1v) is 11.6. The highest BCUT2D eigenvalue weighted by Crippen LogP contribution is 2.60. The van der Waals surface area contributed by atoms with Gasteiger partial charge in [-0.05, 0) is 110 Å². The van der Waals surface area contributed by atoms with E-state index in [0.29, 0.717) is 0 Å². The number of nitrogens with one attached hydrogen (secondary N) is 1. The molecule has 4 aliphatic carbocycles. The van der Waals surface area contributed by atoms with Crippen molar-refractivity contribution in [2.45, 2.75) is 64.3 Å². The van der Waals surface area contributed by atoms with Crippen LogP contribution in [0.1, 0.15) is 56.9 Å². The van der Waals surface area contributed by atoms with Gasteiger partial charge in [0.15, 0.2) is 0 Å². The average Bonchev–Trinajstić information content (AvgIpc) is 3.12. The molecule has 1 aliphatic heterocycles. The van der Waals surface area contributed by atoms with Crippen LogP contribution >= 0.6 is 15.9 Å². The third-order valence-electron chi connectivity index (χ3n) is 7.69. The molecule has 1 N–H and O–H groups in total. The molecule has 4 saturated carbocycles. The third-order valence-corrected chi connectivity index (χ3v) is 8.35. The molecule has 1 heterocycles. The summed E-state index contributed by atoms with van der Waals surface area (Å²) in [5, 5.41) is 3.06. The fraction of sp³-hybridized carbons (Fsp3) is 0.652. The fourth-order valence-electron chi connectivity index (χ4n) is 6.90. The van der Waals surface area contributed by atoms with Crippen molar-refractivity contribution >= 4 is 33.4 Å². The minimum Gasteiger partial charge on any atom is -0.330 e. The number of halogens is 1. The van der Waals surface area contributed by atoms with Crippen molar-refractivity contribution in [3.63, 3.8) is 0 Å². The van der Waals surface area contributed by atoms with Crippen LogP contribution in [-0.2, 0) is 9.59 Å². The predicted molar refractivity (Wildman–Crippen MR) is 113 cm³/mol. The molecular weight excluding hydrogens is 416 g/mol. The van der Waals surface area contributed by atoms with Crippen LogP contribution in [0.25, 0.3) is 0 Å². The van der Waals surface area contributed by atoms with E-state index in [0.717, 1.165) is 72.1 Å². The minimum atomic E-state index is -0.325. The number of carbonyl (C=O) groups is 2. The molecule has 0 spiro atoms. The minimum absolute atomic E-state index is 0.0415. The normalized spacial score (nSPS) is 36.0. The van der Waals surface area contributed by atoms with E-state index in [2.05, 4.69) is 21.2 Å². The van der Waals surface area contributed by atoms with Gasteiger partial charge in [0.2, 0.25) is 11.8 Å². The first kappa shape index (κ1) is 18.7. The van der Waals surface area contributed by atoms with E-state index in [1.165, 1.54) is 19.3 Å².